The number of aliphatic carboxylic acids is 1. The Labute approximate surface area is 130 Å². The van der Waals surface area contributed by atoms with Crippen LogP contribution in [0.25, 0.3) is 0 Å². The molecule has 0 spiro atoms. The van der Waals surface area contributed by atoms with Crippen molar-refractivity contribution in [3.63, 3.8) is 0 Å². The molecule has 0 radical (unpaired) electrons. The van der Waals surface area contributed by atoms with Crippen LogP contribution in [0.15, 0.2) is 12.1 Å². The molecule has 0 aliphatic heterocycles. The number of nitrogens with one attached hydrogen (secondary N) is 1. The molecule has 1 atom stereocenters. The number of carbonyl (C=O) groups is 3. The van der Waals surface area contributed by atoms with Gasteiger partial charge in [-0.2, -0.15) is 0 Å². The summed E-state index contributed by atoms with van der Waals surface area (Å²) in [5, 5.41) is 20.5. The summed E-state index contributed by atoms with van der Waals surface area (Å²) in [5.41, 5.74) is -0.450. The molecular formula is C14H16F2N2O5. The van der Waals surface area contributed by atoms with Crippen molar-refractivity contribution in [1.29, 1.82) is 0 Å². The number of rotatable bonds is 6. The summed E-state index contributed by atoms with van der Waals surface area (Å²) in [7, 11) is 0. The molecule has 126 valence electrons. The predicted octanol–water partition coefficient (Wildman–Crippen LogP) is 0.722. The fourth-order valence-electron chi connectivity index (χ4n) is 1.81. The molecule has 9 heteroatoms. The summed E-state index contributed by atoms with van der Waals surface area (Å²) < 4.78 is 26.7. The smallest absolute Gasteiger partial charge is 0.326 e. The maximum Gasteiger partial charge on any atom is 0.326 e. The third-order valence-electron chi connectivity index (χ3n) is 3.08. The molecule has 1 unspecified atom stereocenters. The second-order valence-electron chi connectivity index (χ2n) is 4.78. The third-order valence-corrected chi connectivity index (χ3v) is 3.08. The highest BCUT2D eigenvalue weighted by Crippen LogP contribution is 2.22. The van der Waals surface area contributed by atoms with Crippen molar-refractivity contribution >= 4 is 17.8 Å². The molecule has 7 nitrogen and oxygen atoms in total. The number of halogens is 2. The minimum absolute atomic E-state index is 0.0261. The number of carbonyl (C=O) groups excluding carboxylic acids is 2. The molecule has 1 aromatic rings. The van der Waals surface area contributed by atoms with Crippen LogP contribution in [-0.2, 0) is 9.59 Å². The number of hydrogen-bond acceptors (Lipinski definition) is 4. The number of benzene rings is 1. The second kappa shape index (κ2) is 7.52. The molecule has 0 aliphatic rings. The van der Waals surface area contributed by atoms with Crippen molar-refractivity contribution in [3.8, 4) is 5.75 Å². The number of hydrogen-bond donors (Lipinski definition) is 3. The molecule has 0 saturated carbocycles. The van der Waals surface area contributed by atoms with Crippen LogP contribution < -0.4 is 5.32 Å². The lowest BCUT2D eigenvalue weighted by Gasteiger charge is -2.26. The Bertz CT molecular complexity index is 613. The summed E-state index contributed by atoms with van der Waals surface area (Å²) in [5.74, 6) is -6.53. The maximum atomic E-state index is 13.3. The van der Waals surface area contributed by atoms with Gasteiger partial charge in [0.15, 0.2) is 17.4 Å². The molecule has 0 aliphatic carbocycles. The Kier molecular flexibility index (Phi) is 6.00. The number of carboxylic acid groups (broad SMARTS) is 1. The van der Waals surface area contributed by atoms with E-state index in [1.54, 1.807) is 0 Å². The van der Waals surface area contributed by atoms with Gasteiger partial charge in [-0.25, -0.2) is 13.6 Å². The largest absolute Gasteiger partial charge is 0.503 e. The Morgan fingerprint density at radius 1 is 1.26 bits per heavy atom. The molecule has 1 rings (SSSR count). The van der Waals surface area contributed by atoms with Crippen LogP contribution in [0.3, 0.4) is 0 Å². The topological polar surface area (TPSA) is 107 Å². The zero-order valence-corrected chi connectivity index (χ0v) is 12.5. The standard InChI is InChI=1S/C14H16F2N2O5/c1-7(14(22)23)18(4-3-17-8(2)19)13(21)9-5-10(15)12(20)11(16)6-9/h5-7,20H,3-4H2,1-2H3,(H,17,19)(H,22,23). The summed E-state index contributed by atoms with van der Waals surface area (Å²) >= 11 is 0. The first-order valence-electron chi connectivity index (χ1n) is 6.61. The number of aromatic hydroxyl groups is 1. The van der Waals surface area contributed by atoms with E-state index in [0.717, 1.165) is 4.90 Å². The van der Waals surface area contributed by atoms with E-state index in [1.165, 1.54) is 13.8 Å². The summed E-state index contributed by atoms with van der Waals surface area (Å²) in [6, 6.07) is -0.0577. The number of amides is 2. The predicted molar refractivity (Wildman–Crippen MR) is 74.8 cm³/mol. The van der Waals surface area contributed by atoms with Crippen LogP contribution >= 0.6 is 0 Å². The summed E-state index contributed by atoms with van der Waals surface area (Å²) in [6.07, 6.45) is 0. The third kappa shape index (κ3) is 4.63. The van der Waals surface area contributed by atoms with Crippen molar-refractivity contribution in [2.24, 2.45) is 0 Å². The SMILES string of the molecule is CC(=O)NCCN(C(=O)c1cc(F)c(O)c(F)c1)C(C)C(=O)O. The van der Waals surface area contributed by atoms with E-state index >= 15 is 0 Å². The maximum absolute atomic E-state index is 13.3. The van der Waals surface area contributed by atoms with Crippen LogP contribution in [0, 0.1) is 11.6 Å². The van der Waals surface area contributed by atoms with Gasteiger partial charge in [0, 0.05) is 25.6 Å². The molecule has 23 heavy (non-hydrogen) atoms. The van der Waals surface area contributed by atoms with Crippen molar-refractivity contribution in [3.05, 3.63) is 29.3 Å². The fourth-order valence-corrected chi connectivity index (χ4v) is 1.81. The van der Waals surface area contributed by atoms with E-state index in [4.69, 9.17) is 10.2 Å². The molecular weight excluding hydrogens is 314 g/mol. The average molecular weight is 330 g/mol. The Balaban J connectivity index is 3.07. The Morgan fingerprint density at radius 2 is 1.78 bits per heavy atom. The fraction of sp³-hybridized carbons (Fsp3) is 0.357. The summed E-state index contributed by atoms with van der Waals surface area (Å²) in [4.78, 5) is 35.1. The summed E-state index contributed by atoms with van der Waals surface area (Å²) in [6.45, 7) is 2.27. The first-order valence-corrected chi connectivity index (χ1v) is 6.61. The highest BCUT2D eigenvalue weighted by atomic mass is 19.1. The molecule has 3 N–H and O–H groups in total. The lowest BCUT2D eigenvalue weighted by Crippen LogP contribution is -2.46. The van der Waals surface area contributed by atoms with Gasteiger partial charge in [-0.3, -0.25) is 9.59 Å². The van der Waals surface area contributed by atoms with Gasteiger partial charge in [0.25, 0.3) is 5.91 Å². The van der Waals surface area contributed by atoms with Gasteiger partial charge in [-0.05, 0) is 19.1 Å². The van der Waals surface area contributed by atoms with E-state index in [-0.39, 0.29) is 19.0 Å². The van der Waals surface area contributed by atoms with Gasteiger partial charge < -0.3 is 20.4 Å². The Hall–Kier alpha value is -2.71. The van der Waals surface area contributed by atoms with Crippen molar-refractivity contribution in [2.45, 2.75) is 19.9 Å². The van der Waals surface area contributed by atoms with Gasteiger partial charge in [-0.15, -0.1) is 0 Å². The van der Waals surface area contributed by atoms with Gasteiger partial charge in [0.05, 0.1) is 0 Å². The van der Waals surface area contributed by atoms with Gasteiger partial charge >= 0.3 is 5.97 Å². The van der Waals surface area contributed by atoms with E-state index in [0.29, 0.717) is 12.1 Å². The lowest BCUT2D eigenvalue weighted by molar-refractivity contribution is -0.141. The molecule has 0 fully saturated rings. The van der Waals surface area contributed by atoms with E-state index < -0.39 is 40.9 Å². The van der Waals surface area contributed by atoms with Crippen molar-refractivity contribution in [2.75, 3.05) is 13.1 Å². The number of nitrogens with zero attached hydrogens (tertiary/aromatic N) is 1. The van der Waals surface area contributed by atoms with E-state index in [2.05, 4.69) is 5.32 Å². The van der Waals surface area contributed by atoms with Crippen LogP contribution in [0.4, 0.5) is 8.78 Å². The first kappa shape index (κ1) is 18.3. The number of phenolic OH excluding ortho intramolecular Hbond substituents is 1. The first-order chi connectivity index (χ1) is 10.6. The molecule has 0 aromatic heterocycles. The second-order valence-corrected chi connectivity index (χ2v) is 4.78. The van der Waals surface area contributed by atoms with Gasteiger partial charge in [0.1, 0.15) is 6.04 Å². The number of carboxylic acids is 1. The van der Waals surface area contributed by atoms with Crippen molar-refractivity contribution in [1.82, 2.24) is 10.2 Å². The minimum Gasteiger partial charge on any atom is -0.503 e. The minimum atomic E-state index is -1.34. The average Bonchev–Trinajstić information content (AvgIpc) is 2.47. The normalized spacial score (nSPS) is 11.7. The van der Waals surface area contributed by atoms with Gasteiger partial charge in [0.2, 0.25) is 5.91 Å². The van der Waals surface area contributed by atoms with Crippen molar-refractivity contribution < 1.29 is 33.4 Å². The number of phenols is 1. The van der Waals surface area contributed by atoms with Crippen LogP contribution in [0.5, 0.6) is 5.75 Å². The van der Waals surface area contributed by atoms with E-state index in [9.17, 15) is 23.2 Å². The molecule has 0 heterocycles. The monoisotopic (exact) mass is 330 g/mol. The zero-order valence-electron chi connectivity index (χ0n) is 12.5. The highest BCUT2D eigenvalue weighted by molar-refractivity contribution is 5.96. The van der Waals surface area contributed by atoms with Crippen LogP contribution in [-0.4, -0.2) is 52.0 Å². The molecule has 0 saturated heterocycles. The van der Waals surface area contributed by atoms with Crippen LogP contribution in [0.2, 0.25) is 0 Å². The highest BCUT2D eigenvalue weighted by Gasteiger charge is 2.27. The molecule has 0 bridgehead atoms. The molecule has 1 aromatic carbocycles. The zero-order chi connectivity index (χ0) is 17.7. The van der Waals surface area contributed by atoms with Crippen LogP contribution in [0.1, 0.15) is 24.2 Å². The van der Waals surface area contributed by atoms with Gasteiger partial charge in [-0.1, -0.05) is 0 Å². The van der Waals surface area contributed by atoms with E-state index in [1.807, 2.05) is 0 Å². The molecule has 2 amide bonds. The Morgan fingerprint density at radius 3 is 2.22 bits per heavy atom. The lowest BCUT2D eigenvalue weighted by atomic mass is 10.1. The quantitative estimate of drug-likeness (QED) is 0.712.